The van der Waals surface area contributed by atoms with Crippen LogP contribution < -0.4 is 5.32 Å². The van der Waals surface area contributed by atoms with Crippen molar-refractivity contribution in [3.05, 3.63) is 22.4 Å². The lowest BCUT2D eigenvalue weighted by molar-refractivity contribution is 0.136. The molecule has 0 aromatic carbocycles. The Bertz CT molecular complexity index is 251. The molecule has 0 saturated heterocycles. The van der Waals surface area contributed by atoms with E-state index in [0.29, 0.717) is 0 Å². The predicted molar refractivity (Wildman–Crippen MR) is 63.2 cm³/mol. The highest BCUT2D eigenvalue weighted by atomic mass is 32.1. The summed E-state index contributed by atoms with van der Waals surface area (Å²) < 4.78 is 4.96. The molecule has 0 aliphatic heterocycles. The summed E-state index contributed by atoms with van der Waals surface area (Å²) in [5.41, 5.74) is 0. The monoisotopic (exact) mass is 229 g/mol. The first-order valence-corrected chi connectivity index (χ1v) is 6.07. The average molecular weight is 229 g/mol. The molecule has 0 saturated carbocycles. The Balaban J connectivity index is 2.24. The number of aliphatic hydroxyl groups excluding tert-OH is 1. The number of methoxy groups -OCH3 is 1. The molecule has 1 aromatic rings. The van der Waals surface area contributed by atoms with Gasteiger partial charge in [-0.3, -0.25) is 0 Å². The normalized spacial score (nSPS) is 15.1. The molecule has 0 aliphatic rings. The van der Waals surface area contributed by atoms with Crippen LogP contribution in [0.3, 0.4) is 0 Å². The maximum Gasteiger partial charge on any atom is 0.103 e. The molecule has 2 unspecified atom stereocenters. The van der Waals surface area contributed by atoms with Gasteiger partial charge >= 0.3 is 0 Å². The van der Waals surface area contributed by atoms with Gasteiger partial charge in [0.1, 0.15) is 6.10 Å². The molecule has 0 spiro atoms. The molecule has 0 bridgehead atoms. The number of aliphatic hydroxyl groups is 1. The molecule has 1 heterocycles. The van der Waals surface area contributed by atoms with E-state index >= 15 is 0 Å². The smallest absolute Gasteiger partial charge is 0.103 e. The van der Waals surface area contributed by atoms with E-state index in [-0.39, 0.29) is 6.04 Å². The Morgan fingerprint density at radius 2 is 2.40 bits per heavy atom. The zero-order chi connectivity index (χ0) is 11.1. The van der Waals surface area contributed by atoms with Crippen molar-refractivity contribution in [2.45, 2.75) is 25.5 Å². The van der Waals surface area contributed by atoms with Crippen LogP contribution in [0.1, 0.15) is 24.3 Å². The Hall–Kier alpha value is -0.420. The number of hydrogen-bond donors (Lipinski definition) is 2. The second kappa shape index (κ2) is 6.95. The number of ether oxygens (including phenoxy) is 1. The quantitative estimate of drug-likeness (QED) is 0.701. The van der Waals surface area contributed by atoms with Gasteiger partial charge in [-0.2, -0.15) is 0 Å². The third kappa shape index (κ3) is 4.30. The van der Waals surface area contributed by atoms with E-state index in [1.54, 1.807) is 18.4 Å². The van der Waals surface area contributed by atoms with Crippen molar-refractivity contribution in [1.82, 2.24) is 5.32 Å². The molecule has 0 aliphatic carbocycles. The van der Waals surface area contributed by atoms with Gasteiger partial charge in [0, 0.05) is 24.6 Å². The highest BCUT2D eigenvalue weighted by molar-refractivity contribution is 7.10. The van der Waals surface area contributed by atoms with E-state index in [9.17, 15) is 5.11 Å². The summed E-state index contributed by atoms with van der Waals surface area (Å²) in [4.78, 5) is 1.02. The lowest BCUT2D eigenvalue weighted by atomic mass is 10.1. The largest absolute Gasteiger partial charge is 0.386 e. The number of nitrogens with one attached hydrogen (secondary N) is 1. The fourth-order valence-electron chi connectivity index (χ4n) is 1.36. The summed E-state index contributed by atoms with van der Waals surface area (Å²) in [7, 11) is 1.70. The van der Waals surface area contributed by atoms with Gasteiger partial charge in [-0.05, 0) is 31.3 Å². The van der Waals surface area contributed by atoms with Gasteiger partial charge in [0.25, 0.3) is 0 Å². The first kappa shape index (κ1) is 12.6. The number of hydrogen-bond acceptors (Lipinski definition) is 4. The fourth-order valence-corrected chi connectivity index (χ4v) is 2.18. The first-order chi connectivity index (χ1) is 7.25. The highest BCUT2D eigenvalue weighted by Gasteiger charge is 2.15. The topological polar surface area (TPSA) is 41.5 Å². The Morgan fingerprint density at radius 1 is 1.60 bits per heavy atom. The van der Waals surface area contributed by atoms with Crippen LogP contribution in [0.4, 0.5) is 0 Å². The molecule has 0 amide bonds. The van der Waals surface area contributed by atoms with Gasteiger partial charge in [0.05, 0.1) is 0 Å². The van der Waals surface area contributed by atoms with Crippen LogP contribution >= 0.6 is 11.3 Å². The SMILES string of the molecule is COCCCNC(C)C(O)c1cccs1. The van der Waals surface area contributed by atoms with Gasteiger partial charge < -0.3 is 15.2 Å². The molecule has 2 atom stereocenters. The van der Waals surface area contributed by atoms with Gasteiger partial charge in [0.2, 0.25) is 0 Å². The molecular formula is C11H19NO2S. The molecule has 1 aromatic heterocycles. The minimum Gasteiger partial charge on any atom is -0.386 e. The van der Waals surface area contributed by atoms with E-state index in [1.807, 2.05) is 24.4 Å². The van der Waals surface area contributed by atoms with Crippen molar-refractivity contribution in [2.24, 2.45) is 0 Å². The van der Waals surface area contributed by atoms with E-state index < -0.39 is 6.10 Å². The molecule has 0 fully saturated rings. The minimum atomic E-state index is -0.410. The molecule has 0 radical (unpaired) electrons. The molecule has 4 heteroatoms. The van der Waals surface area contributed by atoms with Crippen molar-refractivity contribution in [1.29, 1.82) is 0 Å². The van der Waals surface area contributed by atoms with Crippen LogP contribution in [-0.4, -0.2) is 31.4 Å². The fraction of sp³-hybridized carbons (Fsp3) is 0.636. The summed E-state index contributed by atoms with van der Waals surface area (Å²) in [6.07, 6.45) is 0.561. The molecule has 1 rings (SSSR count). The van der Waals surface area contributed by atoms with E-state index in [1.165, 1.54) is 0 Å². The van der Waals surface area contributed by atoms with Crippen LogP contribution in [0.25, 0.3) is 0 Å². The molecule has 15 heavy (non-hydrogen) atoms. The van der Waals surface area contributed by atoms with Crippen molar-refractivity contribution in [3.8, 4) is 0 Å². The lowest BCUT2D eigenvalue weighted by Crippen LogP contribution is -2.32. The summed E-state index contributed by atoms with van der Waals surface area (Å²) in [6, 6.07) is 4.00. The number of thiophene rings is 1. The second-order valence-electron chi connectivity index (χ2n) is 3.55. The Morgan fingerprint density at radius 3 is 3.00 bits per heavy atom. The van der Waals surface area contributed by atoms with Crippen LogP contribution in [0.2, 0.25) is 0 Å². The minimum absolute atomic E-state index is 0.0838. The van der Waals surface area contributed by atoms with Crippen molar-refractivity contribution < 1.29 is 9.84 Å². The molecule has 86 valence electrons. The maximum absolute atomic E-state index is 9.95. The Labute approximate surface area is 95.1 Å². The molecule has 2 N–H and O–H groups in total. The van der Waals surface area contributed by atoms with Gasteiger partial charge in [0.15, 0.2) is 0 Å². The van der Waals surface area contributed by atoms with Crippen molar-refractivity contribution >= 4 is 11.3 Å². The van der Waals surface area contributed by atoms with Gasteiger partial charge in [-0.15, -0.1) is 11.3 Å². The van der Waals surface area contributed by atoms with E-state index in [2.05, 4.69) is 5.32 Å². The summed E-state index contributed by atoms with van der Waals surface area (Å²) in [5.74, 6) is 0. The zero-order valence-electron chi connectivity index (χ0n) is 9.27. The van der Waals surface area contributed by atoms with Gasteiger partial charge in [-0.25, -0.2) is 0 Å². The predicted octanol–water partition coefficient (Wildman–Crippen LogP) is 1.80. The molecular weight excluding hydrogens is 210 g/mol. The van der Waals surface area contributed by atoms with E-state index in [0.717, 1.165) is 24.4 Å². The van der Waals surface area contributed by atoms with Crippen LogP contribution in [0.5, 0.6) is 0 Å². The average Bonchev–Trinajstić information content (AvgIpc) is 2.76. The van der Waals surface area contributed by atoms with Gasteiger partial charge in [-0.1, -0.05) is 6.07 Å². The standard InChI is InChI=1S/C11H19NO2S/c1-9(12-6-4-7-14-2)11(13)10-5-3-8-15-10/h3,5,8-9,11-13H,4,6-7H2,1-2H3. The summed E-state index contributed by atoms with van der Waals surface area (Å²) in [5, 5.41) is 15.2. The third-order valence-electron chi connectivity index (χ3n) is 2.30. The van der Waals surface area contributed by atoms with Crippen LogP contribution in [0, 0.1) is 0 Å². The van der Waals surface area contributed by atoms with Crippen molar-refractivity contribution in [2.75, 3.05) is 20.3 Å². The first-order valence-electron chi connectivity index (χ1n) is 5.19. The maximum atomic E-state index is 9.95. The van der Waals surface area contributed by atoms with Crippen LogP contribution in [0.15, 0.2) is 17.5 Å². The second-order valence-corrected chi connectivity index (χ2v) is 4.53. The zero-order valence-corrected chi connectivity index (χ0v) is 10.1. The molecule has 3 nitrogen and oxygen atoms in total. The third-order valence-corrected chi connectivity index (χ3v) is 3.24. The Kier molecular flexibility index (Phi) is 5.86. The van der Waals surface area contributed by atoms with Crippen LogP contribution in [-0.2, 0) is 4.74 Å². The highest BCUT2D eigenvalue weighted by Crippen LogP contribution is 2.21. The van der Waals surface area contributed by atoms with E-state index in [4.69, 9.17) is 4.74 Å². The lowest BCUT2D eigenvalue weighted by Gasteiger charge is -2.19. The van der Waals surface area contributed by atoms with Crippen molar-refractivity contribution in [3.63, 3.8) is 0 Å². The number of rotatable bonds is 7. The summed E-state index contributed by atoms with van der Waals surface area (Å²) >= 11 is 1.59. The summed E-state index contributed by atoms with van der Waals surface area (Å²) in [6.45, 7) is 3.63.